The zero-order valence-corrected chi connectivity index (χ0v) is 14.6. The number of nitrogens with zero attached hydrogens (tertiary/aromatic N) is 2. The molecule has 2 aromatic carbocycles. The molecular weight excluding hydrogens is 319 g/mol. The molecule has 0 radical (unpaired) electrons. The summed E-state index contributed by atoms with van der Waals surface area (Å²) < 4.78 is 18.9. The lowest BCUT2D eigenvalue weighted by Gasteiger charge is -2.41. The van der Waals surface area contributed by atoms with Gasteiger partial charge in [-0.2, -0.15) is 0 Å². The van der Waals surface area contributed by atoms with Crippen LogP contribution in [0.15, 0.2) is 48.5 Å². The van der Waals surface area contributed by atoms with E-state index in [1.54, 1.807) is 17.0 Å². The molecule has 5 heteroatoms. The number of hydrogen-bond donors (Lipinski definition) is 0. The Bertz CT molecular complexity index is 750. The first-order valence-corrected chi connectivity index (χ1v) is 8.53. The maximum absolute atomic E-state index is 13.6. The number of piperazine rings is 1. The predicted molar refractivity (Wildman–Crippen MR) is 96.5 cm³/mol. The molecule has 1 saturated heterocycles. The summed E-state index contributed by atoms with van der Waals surface area (Å²) in [6.45, 7) is 6.09. The van der Waals surface area contributed by atoms with Crippen LogP contribution in [0.25, 0.3) is 0 Å². The molecular formula is C20H23FN2O2. The number of ether oxygens (including phenoxy) is 1. The number of benzene rings is 2. The Hall–Kier alpha value is -2.56. The van der Waals surface area contributed by atoms with Crippen molar-refractivity contribution in [3.05, 3.63) is 59.9 Å². The van der Waals surface area contributed by atoms with Crippen molar-refractivity contribution in [2.45, 2.75) is 19.9 Å². The summed E-state index contributed by atoms with van der Waals surface area (Å²) in [5.74, 6) is -0.450. The summed E-state index contributed by atoms with van der Waals surface area (Å²) >= 11 is 0. The van der Waals surface area contributed by atoms with Crippen LogP contribution >= 0.6 is 0 Å². The molecule has 0 saturated carbocycles. The number of halogens is 1. The van der Waals surface area contributed by atoms with Gasteiger partial charge in [-0.05, 0) is 43.7 Å². The molecule has 4 nitrogen and oxygen atoms in total. The summed E-state index contributed by atoms with van der Waals surface area (Å²) in [7, 11) is 0. The van der Waals surface area contributed by atoms with E-state index in [1.807, 2.05) is 0 Å². The minimum absolute atomic E-state index is 0.112. The highest BCUT2D eigenvalue weighted by molar-refractivity contribution is 5.78. The van der Waals surface area contributed by atoms with Gasteiger partial charge in [0.15, 0.2) is 18.2 Å². The van der Waals surface area contributed by atoms with E-state index in [4.69, 9.17) is 4.74 Å². The minimum Gasteiger partial charge on any atom is -0.481 e. The average Bonchev–Trinajstić information content (AvgIpc) is 2.60. The van der Waals surface area contributed by atoms with Crippen LogP contribution < -0.4 is 9.64 Å². The molecule has 2 aromatic rings. The van der Waals surface area contributed by atoms with Gasteiger partial charge in [-0.15, -0.1) is 0 Å². The van der Waals surface area contributed by atoms with Crippen molar-refractivity contribution in [1.82, 2.24) is 4.90 Å². The Morgan fingerprint density at radius 3 is 2.72 bits per heavy atom. The third-order valence-electron chi connectivity index (χ3n) is 4.50. The molecule has 1 aliphatic heterocycles. The topological polar surface area (TPSA) is 32.8 Å². The van der Waals surface area contributed by atoms with Crippen LogP contribution in [0.5, 0.6) is 5.75 Å². The fourth-order valence-corrected chi connectivity index (χ4v) is 3.17. The molecule has 1 atom stereocenters. The number of anilines is 1. The Labute approximate surface area is 147 Å². The van der Waals surface area contributed by atoms with Gasteiger partial charge in [-0.3, -0.25) is 4.79 Å². The van der Waals surface area contributed by atoms with E-state index < -0.39 is 5.82 Å². The van der Waals surface area contributed by atoms with Crippen LogP contribution in [0.4, 0.5) is 10.1 Å². The van der Waals surface area contributed by atoms with Gasteiger partial charge in [0, 0.05) is 31.4 Å². The molecule has 0 bridgehead atoms. The van der Waals surface area contributed by atoms with Gasteiger partial charge in [0.25, 0.3) is 5.91 Å². The number of rotatable bonds is 4. The van der Waals surface area contributed by atoms with E-state index in [2.05, 4.69) is 43.0 Å². The fourth-order valence-electron chi connectivity index (χ4n) is 3.17. The second-order valence-electron chi connectivity index (χ2n) is 6.44. The second kappa shape index (κ2) is 7.55. The Morgan fingerprint density at radius 1 is 1.20 bits per heavy atom. The van der Waals surface area contributed by atoms with Crippen molar-refractivity contribution in [3.63, 3.8) is 0 Å². The Balaban J connectivity index is 1.57. The number of para-hydroxylation sites is 1. The molecule has 0 unspecified atom stereocenters. The van der Waals surface area contributed by atoms with E-state index in [0.717, 1.165) is 6.54 Å². The summed E-state index contributed by atoms with van der Waals surface area (Å²) in [5.41, 5.74) is 2.41. The lowest BCUT2D eigenvalue weighted by Crippen LogP contribution is -2.54. The number of carbonyl (C=O) groups is 1. The fraction of sp³-hybridized carbons (Fsp3) is 0.350. The molecule has 132 valence electrons. The zero-order chi connectivity index (χ0) is 17.8. The Kier molecular flexibility index (Phi) is 5.22. The zero-order valence-electron chi connectivity index (χ0n) is 14.6. The molecule has 1 heterocycles. The molecule has 1 fully saturated rings. The van der Waals surface area contributed by atoms with Crippen LogP contribution in [-0.2, 0) is 4.79 Å². The standard InChI is InChI=1S/C20H23FN2O2/c1-15-6-5-7-17(12-15)23-11-10-22(13-16(23)2)20(24)14-25-19-9-4-3-8-18(19)21/h3-9,12,16H,10-11,13-14H2,1-2H3/t16-/m0/s1. The molecule has 0 spiro atoms. The molecule has 0 aromatic heterocycles. The van der Waals surface area contributed by atoms with Gasteiger partial charge in [0.1, 0.15) is 0 Å². The Morgan fingerprint density at radius 2 is 2.00 bits per heavy atom. The van der Waals surface area contributed by atoms with Gasteiger partial charge in [-0.1, -0.05) is 24.3 Å². The summed E-state index contributed by atoms with van der Waals surface area (Å²) in [5, 5.41) is 0. The first-order chi connectivity index (χ1) is 12.0. The quantitative estimate of drug-likeness (QED) is 0.855. The third kappa shape index (κ3) is 4.10. The highest BCUT2D eigenvalue weighted by Crippen LogP contribution is 2.22. The molecule has 0 aliphatic carbocycles. The number of hydrogen-bond acceptors (Lipinski definition) is 3. The van der Waals surface area contributed by atoms with Gasteiger partial charge in [0.05, 0.1) is 0 Å². The maximum atomic E-state index is 13.6. The average molecular weight is 342 g/mol. The normalized spacial score (nSPS) is 17.5. The van der Waals surface area contributed by atoms with E-state index in [9.17, 15) is 9.18 Å². The van der Waals surface area contributed by atoms with E-state index in [1.165, 1.54) is 23.4 Å². The van der Waals surface area contributed by atoms with Gasteiger partial charge >= 0.3 is 0 Å². The largest absolute Gasteiger partial charge is 0.481 e. The summed E-state index contributed by atoms with van der Waals surface area (Å²) in [6, 6.07) is 14.7. The van der Waals surface area contributed by atoms with Gasteiger partial charge in [0.2, 0.25) is 0 Å². The first-order valence-electron chi connectivity index (χ1n) is 8.53. The van der Waals surface area contributed by atoms with Crippen LogP contribution in [0.2, 0.25) is 0 Å². The van der Waals surface area contributed by atoms with E-state index in [0.29, 0.717) is 13.1 Å². The summed E-state index contributed by atoms with van der Waals surface area (Å²) in [6.07, 6.45) is 0. The van der Waals surface area contributed by atoms with Gasteiger partial charge in [-0.25, -0.2) is 4.39 Å². The maximum Gasteiger partial charge on any atom is 0.260 e. The van der Waals surface area contributed by atoms with Crippen LogP contribution in [0.3, 0.4) is 0 Å². The third-order valence-corrected chi connectivity index (χ3v) is 4.50. The van der Waals surface area contributed by atoms with E-state index >= 15 is 0 Å². The van der Waals surface area contributed by atoms with E-state index in [-0.39, 0.29) is 24.3 Å². The van der Waals surface area contributed by atoms with Gasteiger partial charge < -0.3 is 14.5 Å². The molecule has 3 rings (SSSR count). The van der Waals surface area contributed by atoms with Crippen molar-refractivity contribution in [3.8, 4) is 5.75 Å². The number of carbonyl (C=O) groups excluding carboxylic acids is 1. The van der Waals surface area contributed by atoms with Crippen molar-refractivity contribution < 1.29 is 13.9 Å². The highest BCUT2D eigenvalue weighted by atomic mass is 19.1. The lowest BCUT2D eigenvalue weighted by molar-refractivity contribution is -0.134. The lowest BCUT2D eigenvalue weighted by atomic mass is 10.1. The smallest absolute Gasteiger partial charge is 0.260 e. The monoisotopic (exact) mass is 342 g/mol. The van der Waals surface area contributed by atoms with Crippen molar-refractivity contribution in [2.24, 2.45) is 0 Å². The van der Waals surface area contributed by atoms with Crippen LogP contribution in [0.1, 0.15) is 12.5 Å². The highest BCUT2D eigenvalue weighted by Gasteiger charge is 2.27. The van der Waals surface area contributed by atoms with Crippen molar-refractivity contribution in [1.29, 1.82) is 0 Å². The molecule has 0 N–H and O–H groups in total. The predicted octanol–water partition coefficient (Wildman–Crippen LogP) is 3.25. The number of aryl methyl sites for hydroxylation is 1. The molecule has 1 amide bonds. The summed E-state index contributed by atoms with van der Waals surface area (Å²) in [4.78, 5) is 16.5. The van der Waals surface area contributed by atoms with Crippen LogP contribution in [-0.4, -0.2) is 43.1 Å². The molecule has 25 heavy (non-hydrogen) atoms. The molecule has 1 aliphatic rings. The van der Waals surface area contributed by atoms with Crippen molar-refractivity contribution in [2.75, 3.05) is 31.1 Å². The van der Waals surface area contributed by atoms with Crippen LogP contribution in [0, 0.1) is 12.7 Å². The second-order valence-corrected chi connectivity index (χ2v) is 6.44. The minimum atomic E-state index is -0.451. The number of amides is 1. The first kappa shape index (κ1) is 17.3. The van der Waals surface area contributed by atoms with Crippen molar-refractivity contribution >= 4 is 11.6 Å². The SMILES string of the molecule is Cc1cccc(N2CCN(C(=O)COc3ccccc3F)C[C@@H]2C)c1.